The van der Waals surface area contributed by atoms with E-state index in [0.717, 1.165) is 23.3 Å². The molecule has 1 unspecified atom stereocenters. The van der Waals surface area contributed by atoms with Crippen LogP contribution >= 0.6 is 12.6 Å². The van der Waals surface area contributed by atoms with Gasteiger partial charge in [-0.15, -0.1) is 0 Å². The number of thiol groups is 1. The van der Waals surface area contributed by atoms with Crippen molar-refractivity contribution in [2.75, 3.05) is 13.7 Å². The smallest absolute Gasteiger partial charge is 0.309 e. The summed E-state index contributed by atoms with van der Waals surface area (Å²) in [5, 5.41) is 10.2. The fourth-order valence-corrected chi connectivity index (χ4v) is 3.67. The summed E-state index contributed by atoms with van der Waals surface area (Å²) < 4.78 is 31.6. The number of rotatable bonds is 8. The number of hydrogen-bond donors (Lipinski definition) is 2. The van der Waals surface area contributed by atoms with Crippen LogP contribution < -0.4 is 4.72 Å². The fraction of sp³-hybridized carbons (Fsp3) is 0.235. The number of benzene rings is 2. The Hall–Kier alpha value is -2.43. The molecule has 10 heteroatoms. The number of ether oxygens (including phenoxy) is 1. The van der Waals surface area contributed by atoms with Gasteiger partial charge >= 0.3 is 5.97 Å². The van der Waals surface area contributed by atoms with E-state index in [1.807, 2.05) is 0 Å². The molecule has 0 fully saturated rings. The number of sulfonamides is 1. The molecule has 0 aliphatic heterocycles. The molecule has 0 radical (unpaired) electrons. The molecule has 8 nitrogen and oxygen atoms in total. The molecule has 1 N–H and O–H groups in total. The highest BCUT2D eigenvalue weighted by atomic mass is 32.2. The summed E-state index contributed by atoms with van der Waals surface area (Å²) in [5.41, 5.74) is 1.36. The maximum absolute atomic E-state index is 12.3. The summed E-state index contributed by atoms with van der Waals surface area (Å²) in [5.74, 6) is -0.346. The highest BCUT2D eigenvalue weighted by Crippen LogP contribution is 2.21. The minimum absolute atomic E-state index is 0.0266. The zero-order chi connectivity index (χ0) is 20.0. The molecule has 0 bridgehead atoms. The third-order valence-corrected chi connectivity index (χ3v) is 5.69. The van der Waals surface area contributed by atoms with E-state index in [2.05, 4.69) is 22.1 Å². The summed E-state index contributed by atoms with van der Waals surface area (Å²) in [6, 6.07) is 11.6. The monoisotopic (exact) mass is 410 g/mol. The number of hydrogen-bond acceptors (Lipinski definition) is 7. The number of carbonyl (C=O) groups is 1. The Labute approximate surface area is 162 Å². The van der Waals surface area contributed by atoms with Gasteiger partial charge in [-0.3, -0.25) is 14.9 Å². The number of carbonyl (C=O) groups excluding carboxylic acids is 1. The van der Waals surface area contributed by atoms with Gasteiger partial charge in [-0.2, -0.15) is 12.6 Å². The van der Waals surface area contributed by atoms with Gasteiger partial charge in [0.25, 0.3) is 5.69 Å². The molecule has 2 aromatic carbocycles. The molecule has 2 aromatic rings. The number of nitrogens with one attached hydrogen (secondary N) is 1. The first kappa shape index (κ1) is 20.9. The zero-order valence-electron chi connectivity index (χ0n) is 14.4. The van der Waals surface area contributed by atoms with Crippen LogP contribution in [0.15, 0.2) is 53.4 Å². The molecule has 0 aliphatic rings. The van der Waals surface area contributed by atoms with Crippen LogP contribution in [0.25, 0.3) is 0 Å². The molecular formula is C17H18N2O6S2. The predicted molar refractivity (Wildman–Crippen MR) is 102 cm³/mol. The van der Waals surface area contributed by atoms with Crippen LogP contribution in [0.5, 0.6) is 0 Å². The maximum atomic E-state index is 12.3. The van der Waals surface area contributed by atoms with Crippen LogP contribution in [0, 0.1) is 10.1 Å². The normalized spacial score (nSPS) is 12.4. The molecule has 144 valence electrons. The van der Waals surface area contributed by atoms with Gasteiger partial charge in [0.15, 0.2) is 0 Å². The van der Waals surface area contributed by atoms with Gasteiger partial charge in [0.1, 0.15) is 0 Å². The average Bonchev–Trinajstić information content (AvgIpc) is 2.66. The van der Waals surface area contributed by atoms with Crippen LogP contribution in [0.2, 0.25) is 0 Å². The SMILES string of the molecule is COC(=O)Cc1ccc(C(S)CNS(=O)(=O)c2ccc([N+](=O)[O-])cc2)cc1. The molecule has 0 heterocycles. The molecule has 0 spiro atoms. The van der Waals surface area contributed by atoms with E-state index in [1.165, 1.54) is 19.2 Å². The first-order chi connectivity index (χ1) is 12.7. The Morgan fingerprint density at radius 3 is 2.30 bits per heavy atom. The Morgan fingerprint density at radius 2 is 1.78 bits per heavy atom. The van der Waals surface area contributed by atoms with E-state index in [9.17, 15) is 23.3 Å². The van der Waals surface area contributed by atoms with E-state index in [1.54, 1.807) is 24.3 Å². The summed E-state index contributed by atoms with van der Waals surface area (Å²) >= 11 is 4.40. The van der Waals surface area contributed by atoms with Gasteiger partial charge in [0.2, 0.25) is 10.0 Å². The topological polar surface area (TPSA) is 116 Å². The van der Waals surface area contributed by atoms with Crippen LogP contribution in [-0.2, 0) is 26.0 Å². The van der Waals surface area contributed by atoms with E-state index >= 15 is 0 Å². The number of nitrogens with zero attached hydrogens (tertiary/aromatic N) is 1. The second kappa shape index (κ2) is 8.98. The van der Waals surface area contributed by atoms with Gasteiger partial charge < -0.3 is 4.74 Å². The first-order valence-corrected chi connectivity index (χ1v) is 9.80. The molecule has 27 heavy (non-hydrogen) atoms. The summed E-state index contributed by atoms with van der Waals surface area (Å²) in [7, 11) is -2.50. The van der Waals surface area contributed by atoms with Gasteiger partial charge in [-0.25, -0.2) is 13.1 Å². The minimum atomic E-state index is -3.82. The lowest BCUT2D eigenvalue weighted by Crippen LogP contribution is -2.27. The van der Waals surface area contributed by atoms with Gasteiger partial charge in [-0.05, 0) is 23.3 Å². The molecular weight excluding hydrogens is 392 g/mol. The fourth-order valence-electron chi connectivity index (χ4n) is 2.23. The highest BCUT2D eigenvalue weighted by Gasteiger charge is 2.17. The molecule has 2 rings (SSSR count). The molecule has 0 aromatic heterocycles. The van der Waals surface area contributed by atoms with Gasteiger partial charge in [0.05, 0.1) is 23.3 Å². The summed E-state index contributed by atoms with van der Waals surface area (Å²) in [6.07, 6.45) is 0.154. The van der Waals surface area contributed by atoms with E-state index < -0.39 is 20.2 Å². The van der Waals surface area contributed by atoms with Crippen LogP contribution in [0.1, 0.15) is 16.4 Å². The maximum Gasteiger partial charge on any atom is 0.309 e. The Bertz CT molecular complexity index is 911. The lowest BCUT2D eigenvalue weighted by Gasteiger charge is -2.13. The first-order valence-electron chi connectivity index (χ1n) is 7.81. The van der Waals surface area contributed by atoms with Crippen molar-refractivity contribution >= 4 is 34.3 Å². The lowest BCUT2D eigenvalue weighted by atomic mass is 10.1. The second-order valence-electron chi connectivity index (χ2n) is 5.61. The average molecular weight is 410 g/mol. The van der Waals surface area contributed by atoms with E-state index in [0.29, 0.717) is 0 Å². The second-order valence-corrected chi connectivity index (χ2v) is 8.00. The van der Waals surface area contributed by atoms with Crippen molar-refractivity contribution in [3.05, 3.63) is 69.8 Å². The van der Waals surface area contributed by atoms with Gasteiger partial charge in [0, 0.05) is 23.9 Å². The third-order valence-electron chi connectivity index (χ3n) is 3.77. The number of nitro benzene ring substituents is 1. The van der Waals surface area contributed by atoms with Crippen molar-refractivity contribution in [2.24, 2.45) is 0 Å². The molecule has 0 amide bonds. The summed E-state index contributed by atoms with van der Waals surface area (Å²) in [4.78, 5) is 21.2. The number of nitro groups is 1. The largest absolute Gasteiger partial charge is 0.469 e. The standard InChI is InChI=1S/C17H18N2O6S2/c1-25-17(20)10-12-2-4-13(5-3-12)16(26)11-18-27(23,24)15-8-6-14(7-9-15)19(21)22/h2-9,16,18,26H,10-11H2,1H3. The third kappa shape index (κ3) is 5.78. The molecule has 0 saturated heterocycles. The van der Waals surface area contributed by atoms with Crippen molar-refractivity contribution in [3.63, 3.8) is 0 Å². The Balaban J connectivity index is 2.00. The quantitative estimate of drug-likeness (QED) is 0.298. The van der Waals surface area contributed by atoms with Crippen molar-refractivity contribution in [1.82, 2.24) is 4.72 Å². The van der Waals surface area contributed by atoms with Crippen LogP contribution in [0.4, 0.5) is 5.69 Å². The molecule has 1 atom stereocenters. The Morgan fingerprint density at radius 1 is 1.19 bits per heavy atom. The van der Waals surface area contributed by atoms with E-state index in [4.69, 9.17) is 0 Å². The molecule has 0 saturated carbocycles. The van der Waals surface area contributed by atoms with Crippen LogP contribution in [-0.4, -0.2) is 33.0 Å². The van der Waals surface area contributed by atoms with Crippen molar-refractivity contribution in [1.29, 1.82) is 0 Å². The van der Waals surface area contributed by atoms with Crippen molar-refractivity contribution in [3.8, 4) is 0 Å². The van der Waals surface area contributed by atoms with Crippen molar-refractivity contribution in [2.45, 2.75) is 16.6 Å². The number of non-ortho nitro benzene ring substituents is 1. The minimum Gasteiger partial charge on any atom is -0.469 e. The highest BCUT2D eigenvalue weighted by molar-refractivity contribution is 7.89. The lowest BCUT2D eigenvalue weighted by molar-refractivity contribution is -0.384. The van der Waals surface area contributed by atoms with E-state index in [-0.39, 0.29) is 29.5 Å². The van der Waals surface area contributed by atoms with Crippen molar-refractivity contribution < 1.29 is 22.9 Å². The predicted octanol–water partition coefficient (Wildman–Crippen LogP) is 2.26. The molecule has 0 aliphatic carbocycles. The number of methoxy groups -OCH3 is 1. The van der Waals surface area contributed by atoms with Gasteiger partial charge in [-0.1, -0.05) is 24.3 Å². The summed E-state index contributed by atoms with van der Waals surface area (Å²) in [6.45, 7) is 0.0266. The zero-order valence-corrected chi connectivity index (χ0v) is 16.1. The van der Waals surface area contributed by atoms with Crippen LogP contribution in [0.3, 0.4) is 0 Å². The number of esters is 1. The Kier molecular flexibility index (Phi) is 6.94.